The summed E-state index contributed by atoms with van der Waals surface area (Å²) in [5.41, 5.74) is 7.15. The van der Waals surface area contributed by atoms with Crippen LogP contribution in [0, 0.1) is 0 Å². The van der Waals surface area contributed by atoms with Crippen LogP contribution in [-0.2, 0) is 0 Å². The molecule has 3 rings (SSSR count). The van der Waals surface area contributed by atoms with Crippen LogP contribution in [0.4, 0.5) is 5.69 Å². The van der Waals surface area contributed by atoms with Gasteiger partial charge in [-0.05, 0) is 30.6 Å². The molecule has 0 aromatic heterocycles. The second kappa shape index (κ2) is 5.13. The number of nitrogens with two attached hydrogens (primary N) is 1. The summed E-state index contributed by atoms with van der Waals surface area (Å²) < 4.78 is 0. The van der Waals surface area contributed by atoms with Gasteiger partial charge in [0.25, 0.3) is 0 Å². The quantitative estimate of drug-likeness (QED) is 0.902. The number of anilines is 1. The highest BCUT2D eigenvalue weighted by Crippen LogP contribution is 2.28. The lowest BCUT2D eigenvalue weighted by Gasteiger charge is -2.34. The van der Waals surface area contributed by atoms with Crippen LogP contribution in [0.3, 0.4) is 0 Å². The molecule has 1 heterocycles. The van der Waals surface area contributed by atoms with Crippen molar-refractivity contribution in [3.63, 3.8) is 0 Å². The molecule has 0 aliphatic carbocycles. The van der Waals surface area contributed by atoms with E-state index in [-0.39, 0.29) is 5.91 Å². The fourth-order valence-corrected chi connectivity index (χ4v) is 2.73. The van der Waals surface area contributed by atoms with E-state index in [9.17, 15) is 4.79 Å². The Balaban J connectivity index is 2.05. The van der Waals surface area contributed by atoms with Crippen molar-refractivity contribution in [2.45, 2.75) is 0 Å². The summed E-state index contributed by atoms with van der Waals surface area (Å²) in [5.74, 6) is -0.375. The first kappa shape index (κ1) is 12.9. The third kappa shape index (κ3) is 2.34. The Morgan fingerprint density at radius 2 is 1.85 bits per heavy atom. The molecule has 1 fully saturated rings. The summed E-state index contributed by atoms with van der Waals surface area (Å²) in [6, 6.07) is 11.9. The molecule has 1 amide bonds. The van der Waals surface area contributed by atoms with Gasteiger partial charge in [0.15, 0.2) is 0 Å². The number of piperazine rings is 1. The van der Waals surface area contributed by atoms with Crippen molar-refractivity contribution in [3.8, 4) is 0 Å². The minimum atomic E-state index is -0.375. The van der Waals surface area contributed by atoms with E-state index >= 15 is 0 Å². The van der Waals surface area contributed by atoms with Crippen LogP contribution in [-0.4, -0.2) is 44.0 Å². The second-order valence-electron chi connectivity index (χ2n) is 5.37. The standard InChI is InChI=1S/C16H19N3O/c1-18-7-9-19(10-8-18)15-4-2-3-12-5-6-13(16(17)20)11-14(12)15/h2-6,11H,7-10H2,1H3,(H2,17,20). The number of fused-ring (bicyclic) bond motifs is 1. The van der Waals surface area contributed by atoms with Crippen LogP contribution in [0.1, 0.15) is 10.4 Å². The lowest BCUT2D eigenvalue weighted by molar-refractivity contribution is 0.100. The van der Waals surface area contributed by atoms with Crippen molar-refractivity contribution in [3.05, 3.63) is 42.0 Å². The van der Waals surface area contributed by atoms with Crippen LogP contribution in [0.5, 0.6) is 0 Å². The van der Waals surface area contributed by atoms with Gasteiger partial charge >= 0.3 is 0 Å². The summed E-state index contributed by atoms with van der Waals surface area (Å²) in [6.07, 6.45) is 0. The Hall–Kier alpha value is -2.07. The third-order valence-corrected chi connectivity index (χ3v) is 3.99. The molecular weight excluding hydrogens is 250 g/mol. The molecule has 0 radical (unpaired) electrons. The highest BCUT2D eigenvalue weighted by Gasteiger charge is 2.16. The molecule has 0 bridgehead atoms. The van der Waals surface area contributed by atoms with E-state index in [1.54, 1.807) is 6.07 Å². The van der Waals surface area contributed by atoms with Gasteiger partial charge in [-0.2, -0.15) is 0 Å². The van der Waals surface area contributed by atoms with Gasteiger partial charge in [0.05, 0.1) is 0 Å². The normalized spacial score (nSPS) is 16.6. The van der Waals surface area contributed by atoms with E-state index in [1.807, 2.05) is 12.1 Å². The maximum Gasteiger partial charge on any atom is 0.248 e. The highest BCUT2D eigenvalue weighted by atomic mass is 16.1. The van der Waals surface area contributed by atoms with Crippen molar-refractivity contribution >= 4 is 22.4 Å². The fraction of sp³-hybridized carbons (Fsp3) is 0.312. The minimum absolute atomic E-state index is 0.375. The van der Waals surface area contributed by atoms with Gasteiger partial charge < -0.3 is 15.5 Å². The smallest absolute Gasteiger partial charge is 0.248 e. The number of rotatable bonds is 2. The molecule has 2 aromatic rings. The van der Waals surface area contributed by atoms with Crippen LogP contribution in [0.25, 0.3) is 10.8 Å². The van der Waals surface area contributed by atoms with Crippen LogP contribution in [0.15, 0.2) is 36.4 Å². The average molecular weight is 269 g/mol. The number of carbonyl (C=O) groups excluding carboxylic acids is 1. The zero-order valence-electron chi connectivity index (χ0n) is 11.7. The Morgan fingerprint density at radius 1 is 1.10 bits per heavy atom. The Labute approximate surface area is 118 Å². The molecule has 2 aromatic carbocycles. The van der Waals surface area contributed by atoms with Crippen molar-refractivity contribution in [1.29, 1.82) is 0 Å². The molecule has 1 aliphatic rings. The van der Waals surface area contributed by atoms with Crippen molar-refractivity contribution in [2.24, 2.45) is 5.73 Å². The van der Waals surface area contributed by atoms with E-state index in [4.69, 9.17) is 5.73 Å². The van der Waals surface area contributed by atoms with E-state index in [2.05, 4.69) is 35.0 Å². The van der Waals surface area contributed by atoms with Crippen molar-refractivity contribution < 1.29 is 4.79 Å². The maximum atomic E-state index is 11.4. The molecule has 0 unspecified atom stereocenters. The first-order valence-electron chi connectivity index (χ1n) is 6.91. The molecule has 2 N–H and O–H groups in total. The Morgan fingerprint density at radius 3 is 2.55 bits per heavy atom. The van der Waals surface area contributed by atoms with Gasteiger partial charge in [-0.15, -0.1) is 0 Å². The molecule has 0 saturated carbocycles. The maximum absolute atomic E-state index is 11.4. The van der Waals surface area contributed by atoms with Gasteiger partial charge in [0.1, 0.15) is 0 Å². The lowest BCUT2D eigenvalue weighted by Crippen LogP contribution is -2.44. The van der Waals surface area contributed by atoms with Gasteiger partial charge in [-0.25, -0.2) is 0 Å². The molecular formula is C16H19N3O. The number of hydrogen-bond acceptors (Lipinski definition) is 3. The second-order valence-corrected chi connectivity index (χ2v) is 5.37. The zero-order valence-corrected chi connectivity index (χ0v) is 11.7. The van der Waals surface area contributed by atoms with E-state index in [0.717, 1.165) is 37.0 Å². The molecule has 0 spiro atoms. The van der Waals surface area contributed by atoms with E-state index < -0.39 is 0 Å². The summed E-state index contributed by atoms with van der Waals surface area (Å²) in [5, 5.41) is 2.25. The predicted octanol–water partition coefficient (Wildman–Crippen LogP) is 1.69. The van der Waals surface area contributed by atoms with Crippen molar-refractivity contribution in [1.82, 2.24) is 4.90 Å². The lowest BCUT2D eigenvalue weighted by atomic mass is 10.0. The molecule has 104 valence electrons. The van der Waals surface area contributed by atoms with E-state index in [0.29, 0.717) is 5.56 Å². The molecule has 20 heavy (non-hydrogen) atoms. The number of nitrogens with zero attached hydrogens (tertiary/aromatic N) is 2. The summed E-state index contributed by atoms with van der Waals surface area (Å²) >= 11 is 0. The van der Waals surface area contributed by atoms with E-state index in [1.165, 1.54) is 5.69 Å². The average Bonchev–Trinajstić information content (AvgIpc) is 2.47. The Kier molecular flexibility index (Phi) is 3.32. The number of likely N-dealkylation sites (N-methyl/N-ethyl adjacent to an activating group) is 1. The summed E-state index contributed by atoms with van der Waals surface area (Å²) in [4.78, 5) is 16.1. The van der Waals surface area contributed by atoms with Crippen molar-refractivity contribution in [2.75, 3.05) is 38.1 Å². The molecule has 1 saturated heterocycles. The first-order chi connectivity index (χ1) is 9.65. The Bertz CT molecular complexity index is 645. The molecule has 1 aliphatic heterocycles. The monoisotopic (exact) mass is 269 g/mol. The summed E-state index contributed by atoms with van der Waals surface area (Å²) in [7, 11) is 2.14. The largest absolute Gasteiger partial charge is 0.368 e. The SMILES string of the molecule is CN1CCN(c2cccc3ccc(C(N)=O)cc23)CC1. The van der Waals surface area contributed by atoms with Crippen LogP contribution in [0.2, 0.25) is 0 Å². The van der Waals surface area contributed by atoms with Gasteiger partial charge in [0.2, 0.25) is 5.91 Å². The molecule has 0 atom stereocenters. The van der Waals surface area contributed by atoms with Crippen LogP contribution >= 0.6 is 0 Å². The number of benzene rings is 2. The van der Waals surface area contributed by atoms with Gasteiger partial charge in [0, 0.05) is 42.8 Å². The topological polar surface area (TPSA) is 49.6 Å². The minimum Gasteiger partial charge on any atom is -0.368 e. The third-order valence-electron chi connectivity index (χ3n) is 3.99. The molecule has 4 heteroatoms. The van der Waals surface area contributed by atoms with Crippen LogP contribution < -0.4 is 10.6 Å². The number of primary amides is 1. The number of hydrogen-bond donors (Lipinski definition) is 1. The fourth-order valence-electron chi connectivity index (χ4n) is 2.73. The first-order valence-corrected chi connectivity index (χ1v) is 6.91. The van der Waals surface area contributed by atoms with Gasteiger partial charge in [-0.1, -0.05) is 18.2 Å². The zero-order chi connectivity index (χ0) is 14.1. The number of carbonyl (C=O) groups is 1. The molecule has 4 nitrogen and oxygen atoms in total. The predicted molar refractivity (Wildman–Crippen MR) is 82.2 cm³/mol. The number of amides is 1. The highest BCUT2D eigenvalue weighted by molar-refractivity contribution is 6.01. The van der Waals surface area contributed by atoms with Gasteiger partial charge in [-0.3, -0.25) is 4.79 Å². The summed E-state index contributed by atoms with van der Waals surface area (Å²) in [6.45, 7) is 4.14.